The van der Waals surface area contributed by atoms with Gasteiger partial charge < -0.3 is 14.6 Å². The van der Waals surface area contributed by atoms with Crippen LogP contribution in [0.15, 0.2) is 25.3 Å². The number of unbranched alkanes of at least 4 members (excludes halogenated alkanes) is 1. The quantitative estimate of drug-likeness (QED) is 0.456. The van der Waals surface area contributed by atoms with Crippen molar-refractivity contribution in [2.24, 2.45) is 0 Å². The summed E-state index contributed by atoms with van der Waals surface area (Å²) in [6.07, 6.45) is 3.99. The Balaban J connectivity index is -0.000000207. The lowest BCUT2D eigenvalue weighted by molar-refractivity contribution is -0.137. The molecule has 0 fully saturated rings. The average Bonchev–Trinajstić information content (AvgIpc) is 2.31. The number of aliphatic carboxylic acids is 1. The van der Waals surface area contributed by atoms with Crippen molar-refractivity contribution < 1.29 is 24.2 Å². The molecule has 0 saturated heterocycles. The zero-order chi connectivity index (χ0) is 14.1. The van der Waals surface area contributed by atoms with Gasteiger partial charge >= 0.3 is 11.9 Å². The van der Waals surface area contributed by atoms with Crippen molar-refractivity contribution >= 4 is 11.9 Å². The van der Waals surface area contributed by atoms with Gasteiger partial charge in [-0.3, -0.25) is 0 Å². The third kappa shape index (κ3) is 40.5. The molecule has 0 heterocycles. The number of carboxylic acid groups (broad SMARTS) is 1. The highest BCUT2D eigenvalue weighted by Gasteiger charge is 1.91. The van der Waals surface area contributed by atoms with Crippen LogP contribution < -0.4 is 0 Å². The van der Waals surface area contributed by atoms with E-state index in [0.717, 1.165) is 18.9 Å². The highest BCUT2D eigenvalue weighted by Crippen LogP contribution is 1.88. The summed E-state index contributed by atoms with van der Waals surface area (Å²) in [6.45, 7) is 8.78. The van der Waals surface area contributed by atoms with E-state index in [-0.39, 0.29) is 5.97 Å². The molecule has 0 radical (unpaired) electrons. The topological polar surface area (TPSA) is 72.8 Å². The molecule has 0 saturated carbocycles. The van der Waals surface area contributed by atoms with Gasteiger partial charge in [-0.2, -0.15) is 0 Å². The van der Waals surface area contributed by atoms with Crippen LogP contribution >= 0.6 is 0 Å². The summed E-state index contributed by atoms with van der Waals surface area (Å²) in [5, 5.41) is 7.60. The second-order valence-electron chi connectivity index (χ2n) is 2.68. The van der Waals surface area contributed by atoms with Crippen LogP contribution in [0.25, 0.3) is 0 Å². The SMILES string of the molecule is C=CC(=O)O.C=CC(=O)OCCCC.COC. The molecule has 17 heavy (non-hydrogen) atoms. The van der Waals surface area contributed by atoms with Crippen molar-refractivity contribution in [1.29, 1.82) is 0 Å². The van der Waals surface area contributed by atoms with Gasteiger partial charge in [0, 0.05) is 26.4 Å². The smallest absolute Gasteiger partial charge is 0.330 e. The lowest BCUT2D eigenvalue weighted by atomic mass is 10.4. The van der Waals surface area contributed by atoms with Gasteiger partial charge in [-0.25, -0.2) is 9.59 Å². The van der Waals surface area contributed by atoms with Crippen LogP contribution in [0.1, 0.15) is 19.8 Å². The molecule has 0 spiro atoms. The third-order valence-corrected chi connectivity index (χ3v) is 1.08. The summed E-state index contributed by atoms with van der Waals surface area (Å²) >= 11 is 0. The molecular formula is C12H22O5. The van der Waals surface area contributed by atoms with Crippen LogP contribution in [-0.4, -0.2) is 37.9 Å². The van der Waals surface area contributed by atoms with E-state index in [4.69, 9.17) is 5.11 Å². The van der Waals surface area contributed by atoms with Crippen molar-refractivity contribution in [3.8, 4) is 0 Å². The van der Waals surface area contributed by atoms with Crippen molar-refractivity contribution in [3.63, 3.8) is 0 Å². The van der Waals surface area contributed by atoms with Gasteiger partial charge in [0.25, 0.3) is 0 Å². The monoisotopic (exact) mass is 246 g/mol. The van der Waals surface area contributed by atoms with Crippen molar-refractivity contribution in [3.05, 3.63) is 25.3 Å². The molecule has 0 bridgehead atoms. The van der Waals surface area contributed by atoms with E-state index in [9.17, 15) is 9.59 Å². The molecule has 0 aliphatic heterocycles. The van der Waals surface area contributed by atoms with Gasteiger partial charge in [0.1, 0.15) is 0 Å². The predicted octanol–water partition coefficient (Wildman–Crippen LogP) is 2.04. The molecular weight excluding hydrogens is 224 g/mol. The number of carbonyl (C=O) groups is 2. The molecule has 0 aliphatic rings. The Morgan fingerprint density at radius 2 is 1.65 bits per heavy atom. The number of ether oxygens (including phenoxy) is 2. The van der Waals surface area contributed by atoms with Gasteiger partial charge in [-0.15, -0.1) is 0 Å². The number of carboxylic acids is 1. The van der Waals surface area contributed by atoms with E-state index < -0.39 is 5.97 Å². The van der Waals surface area contributed by atoms with E-state index in [2.05, 4.69) is 22.6 Å². The first-order chi connectivity index (χ1) is 7.99. The standard InChI is InChI=1S/C7H12O2.C3H4O2.C2H6O/c1-3-5-6-9-7(8)4-2;1-2-3(4)5;1-3-2/h4H,2-3,5-6H2,1H3;2H,1H2,(H,4,5);1-2H3. The summed E-state index contributed by atoms with van der Waals surface area (Å²) < 4.78 is 8.92. The first kappa shape index (κ1) is 20.8. The molecule has 0 aliphatic carbocycles. The van der Waals surface area contributed by atoms with Crippen LogP contribution in [0.5, 0.6) is 0 Å². The van der Waals surface area contributed by atoms with E-state index in [1.165, 1.54) is 6.08 Å². The van der Waals surface area contributed by atoms with Crippen LogP contribution in [0.2, 0.25) is 0 Å². The zero-order valence-electron chi connectivity index (χ0n) is 10.8. The van der Waals surface area contributed by atoms with Gasteiger partial charge in [-0.05, 0) is 6.42 Å². The minimum absolute atomic E-state index is 0.330. The molecule has 5 heteroatoms. The lowest BCUT2D eigenvalue weighted by Crippen LogP contribution is -2.00. The minimum atomic E-state index is -0.981. The van der Waals surface area contributed by atoms with Gasteiger partial charge in [-0.1, -0.05) is 26.5 Å². The average molecular weight is 246 g/mol. The third-order valence-electron chi connectivity index (χ3n) is 1.08. The largest absolute Gasteiger partial charge is 0.478 e. The first-order valence-electron chi connectivity index (χ1n) is 5.04. The number of esters is 1. The number of carbonyl (C=O) groups excluding carboxylic acids is 1. The first-order valence-corrected chi connectivity index (χ1v) is 5.04. The normalized spacial score (nSPS) is 7.47. The second-order valence-corrected chi connectivity index (χ2v) is 2.68. The number of rotatable bonds is 5. The molecule has 100 valence electrons. The highest BCUT2D eigenvalue weighted by atomic mass is 16.5. The minimum Gasteiger partial charge on any atom is -0.478 e. The van der Waals surface area contributed by atoms with Crippen LogP contribution in [0.3, 0.4) is 0 Å². The number of hydrogen-bond acceptors (Lipinski definition) is 4. The zero-order valence-corrected chi connectivity index (χ0v) is 10.8. The van der Waals surface area contributed by atoms with Gasteiger partial charge in [0.15, 0.2) is 0 Å². The van der Waals surface area contributed by atoms with Crippen molar-refractivity contribution in [2.75, 3.05) is 20.8 Å². The fraction of sp³-hybridized carbons (Fsp3) is 0.500. The fourth-order valence-corrected chi connectivity index (χ4v) is 0.376. The Bertz CT molecular complexity index is 211. The highest BCUT2D eigenvalue weighted by molar-refractivity contribution is 5.81. The van der Waals surface area contributed by atoms with Crippen molar-refractivity contribution in [2.45, 2.75) is 19.8 Å². The Labute approximate surface area is 103 Å². The summed E-state index contributed by atoms with van der Waals surface area (Å²) in [4.78, 5) is 19.6. The maximum Gasteiger partial charge on any atom is 0.330 e. The number of methoxy groups -OCH3 is 1. The second kappa shape index (κ2) is 19.9. The molecule has 1 N–H and O–H groups in total. The van der Waals surface area contributed by atoms with Crippen LogP contribution in [0, 0.1) is 0 Å². The van der Waals surface area contributed by atoms with Crippen LogP contribution in [-0.2, 0) is 19.1 Å². The Morgan fingerprint density at radius 1 is 1.24 bits per heavy atom. The van der Waals surface area contributed by atoms with E-state index in [1.54, 1.807) is 14.2 Å². The summed E-state index contributed by atoms with van der Waals surface area (Å²) in [5.74, 6) is -1.31. The molecule has 0 atom stereocenters. The van der Waals surface area contributed by atoms with E-state index in [1.807, 2.05) is 6.92 Å². The Hall–Kier alpha value is -1.62. The van der Waals surface area contributed by atoms with Gasteiger partial charge in [0.05, 0.1) is 6.61 Å². The Morgan fingerprint density at radius 3 is 1.88 bits per heavy atom. The molecule has 5 nitrogen and oxygen atoms in total. The molecule has 0 rings (SSSR count). The van der Waals surface area contributed by atoms with E-state index in [0.29, 0.717) is 6.61 Å². The fourth-order valence-electron chi connectivity index (χ4n) is 0.376. The molecule has 0 aromatic heterocycles. The summed E-state index contributed by atoms with van der Waals surface area (Å²) in [6, 6.07) is 0. The Kier molecular flexibility index (Phi) is 24.3. The molecule has 0 aromatic rings. The van der Waals surface area contributed by atoms with Crippen LogP contribution in [0.4, 0.5) is 0 Å². The summed E-state index contributed by atoms with van der Waals surface area (Å²) in [5.41, 5.74) is 0. The maximum atomic E-state index is 10.3. The lowest BCUT2D eigenvalue weighted by Gasteiger charge is -1.97. The molecule has 0 amide bonds. The predicted molar refractivity (Wildman–Crippen MR) is 66.8 cm³/mol. The molecule has 0 unspecified atom stereocenters. The molecule has 0 aromatic carbocycles. The maximum absolute atomic E-state index is 10.3. The summed E-state index contributed by atoms with van der Waals surface area (Å²) in [7, 11) is 3.25. The number of hydrogen-bond donors (Lipinski definition) is 1. The van der Waals surface area contributed by atoms with Crippen molar-refractivity contribution in [1.82, 2.24) is 0 Å². The van der Waals surface area contributed by atoms with E-state index >= 15 is 0 Å². The van der Waals surface area contributed by atoms with Gasteiger partial charge in [0.2, 0.25) is 0 Å².